The van der Waals surface area contributed by atoms with Crippen molar-refractivity contribution in [3.8, 4) is 11.5 Å². The van der Waals surface area contributed by atoms with Crippen molar-refractivity contribution in [2.45, 2.75) is 90.1 Å². The molecule has 5 nitrogen and oxygen atoms in total. The van der Waals surface area contributed by atoms with E-state index in [0.29, 0.717) is 11.5 Å². The van der Waals surface area contributed by atoms with Crippen molar-refractivity contribution in [2.24, 2.45) is 16.7 Å². The zero-order valence-electron chi connectivity index (χ0n) is 21.5. The van der Waals surface area contributed by atoms with Crippen molar-refractivity contribution in [1.29, 1.82) is 0 Å². The Morgan fingerprint density at radius 3 is 1.56 bits per heavy atom. The molecule has 2 saturated carbocycles. The lowest BCUT2D eigenvalue weighted by Gasteiger charge is -2.32. The van der Waals surface area contributed by atoms with Crippen LogP contribution in [0.2, 0.25) is 0 Å². The maximum absolute atomic E-state index is 13.5. The Bertz CT molecular complexity index is 909. The van der Waals surface area contributed by atoms with Crippen molar-refractivity contribution in [3.05, 3.63) is 60.7 Å². The third kappa shape index (κ3) is 6.36. The fraction of sp³-hybridized carbons (Fsp3) is 0.548. The van der Waals surface area contributed by atoms with Gasteiger partial charge in [-0.15, -0.1) is 0 Å². The molecule has 0 heterocycles. The van der Waals surface area contributed by atoms with E-state index in [-0.39, 0.29) is 24.0 Å². The number of unbranched alkanes of at least 4 members (excludes halogenated alkanes) is 3. The van der Waals surface area contributed by atoms with Gasteiger partial charge in [-0.1, -0.05) is 75.4 Å². The number of ether oxygens (including phenoxy) is 2. The summed E-state index contributed by atoms with van der Waals surface area (Å²) in [5.41, 5.74) is -1.27. The predicted molar refractivity (Wildman–Crippen MR) is 140 cm³/mol. The molecule has 0 bridgehead atoms. The van der Waals surface area contributed by atoms with Crippen LogP contribution in [-0.4, -0.2) is 23.1 Å². The van der Waals surface area contributed by atoms with E-state index in [1.807, 2.05) is 36.4 Å². The smallest absolute Gasteiger partial charge is 0.317 e. The first-order valence-corrected chi connectivity index (χ1v) is 13.7. The van der Waals surface area contributed by atoms with Crippen LogP contribution >= 0.6 is 0 Å². The summed E-state index contributed by atoms with van der Waals surface area (Å²) in [5.74, 6) is 0.516. The fourth-order valence-electron chi connectivity index (χ4n) is 5.64. The van der Waals surface area contributed by atoms with E-state index in [1.54, 1.807) is 24.3 Å². The molecule has 36 heavy (non-hydrogen) atoms. The van der Waals surface area contributed by atoms with Gasteiger partial charge in [0.2, 0.25) is 0 Å². The van der Waals surface area contributed by atoms with Crippen LogP contribution in [0.5, 0.6) is 11.5 Å². The Hall–Kier alpha value is -2.66. The minimum atomic E-state index is -0.637. The van der Waals surface area contributed by atoms with E-state index in [2.05, 4.69) is 6.92 Å². The minimum absolute atomic E-state index is 0.116. The average Bonchev–Trinajstić information content (AvgIpc) is 3.81. The van der Waals surface area contributed by atoms with E-state index in [0.717, 1.165) is 77.0 Å². The number of carbonyl (C=O) groups excluding carboxylic acids is 2. The van der Waals surface area contributed by atoms with Crippen molar-refractivity contribution >= 4 is 11.9 Å². The Morgan fingerprint density at radius 1 is 0.722 bits per heavy atom. The van der Waals surface area contributed by atoms with E-state index >= 15 is 0 Å². The third-order valence-electron chi connectivity index (χ3n) is 8.05. The molecule has 0 aliphatic heterocycles. The van der Waals surface area contributed by atoms with Gasteiger partial charge >= 0.3 is 11.9 Å². The van der Waals surface area contributed by atoms with E-state index in [4.69, 9.17) is 9.47 Å². The maximum atomic E-state index is 13.5. The Morgan fingerprint density at radius 2 is 1.14 bits per heavy atom. The summed E-state index contributed by atoms with van der Waals surface area (Å²) in [6.45, 7) is 2.17. The van der Waals surface area contributed by atoms with Crippen molar-refractivity contribution in [1.82, 2.24) is 0 Å². The number of benzene rings is 2. The molecule has 1 unspecified atom stereocenters. The number of carbonyl (C=O) groups is 2. The zero-order chi connectivity index (χ0) is 25.4. The summed E-state index contributed by atoms with van der Waals surface area (Å²) in [4.78, 5) is 26.9. The molecule has 2 aromatic carbocycles. The number of hydrogen-bond acceptors (Lipinski definition) is 5. The quantitative estimate of drug-likeness (QED) is 0.167. The third-order valence-corrected chi connectivity index (χ3v) is 8.05. The summed E-state index contributed by atoms with van der Waals surface area (Å²) in [6, 6.07) is 18.4. The van der Waals surface area contributed by atoms with Gasteiger partial charge in [0.05, 0.1) is 16.9 Å². The van der Waals surface area contributed by atoms with Gasteiger partial charge in [0.25, 0.3) is 0 Å². The molecule has 1 atom stereocenters. The van der Waals surface area contributed by atoms with Crippen molar-refractivity contribution < 1.29 is 24.2 Å². The minimum Gasteiger partial charge on any atom is -0.426 e. The van der Waals surface area contributed by atoms with Crippen molar-refractivity contribution in [2.75, 3.05) is 0 Å². The highest BCUT2D eigenvalue weighted by molar-refractivity contribution is 5.87. The molecule has 2 fully saturated rings. The predicted octanol–water partition coefficient (Wildman–Crippen LogP) is 6.88. The highest BCUT2D eigenvalue weighted by Crippen LogP contribution is 2.67. The van der Waals surface area contributed by atoms with E-state index < -0.39 is 10.8 Å². The van der Waals surface area contributed by atoms with Gasteiger partial charge in [0.1, 0.15) is 11.5 Å². The van der Waals surface area contributed by atoms with E-state index in [1.165, 1.54) is 0 Å². The number of aliphatic hydroxyl groups excluding tert-OH is 1. The molecule has 0 spiro atoms. The molecule has 2 aliphatic carbocycles. The lowest BCUT2D eigenvalue weighted by Crippen LogP contribution is -2.40. The molecular weight excluding hydrogens is 452 g/mol. The Labute approximate surface area is 215 Å². The summed E-state index contributed by atoms with van der Waals surface area (Å²) in [7, 11) is 0. The Kier molecular flexibility index (Phi) is 8.84. The second-order valence-electron chi connectivity index (χ2n) is 10.7. The summed E-state index contributed by atoms with van der Waals surface area (Å²) in [5, 5.41) is 10.3. The molecule has 0 saturated heterocycles. The number of esters is 2. The van der Waals surface area contributed by atoms with Crippen LogP contribution < -0.4 is 9.47 Å². The van der Waals surface area contributed by atoms with Gasteiger partial charge in [0.15, 0.2) is 0 Å². The van der Waals surface area contributed by atoms with Gasteiger partial charge in [-0.25, -0.2) is 0 Å². The lowest BCUT2D eigenvalue weighted by atomic mass is 9.73. The molecular formula is C31H40O5. The second-order valence-corrected chi connectivity index (χ2v) is 10.7. The average molecular weight is 493 g/mol. The van der Waals surface area contributed by atoms with Gasteiger partial charge in [-0.3, -0.25) is 9.59 Å². The van der Waals surface area contributed by atoms with E-state index in [9.17, 15) is 14.7 Å². The van der Waals surface area contributed by atoms with Crippen LogP contribution in [0.3, 0.4) is 0 Å². The number of hydrogen-bond donors (Lipinski definition) is 1. The lowest BCUT2D eigenvalue weighted by molar-refractivity contribution is -0.150. The molecule has 0 amide bonds. The van der Waals surface area contributed by atoms with Gasteiger partial charge in [0, 0.05) is 0 Å². The Balaban J connectivity index is 1.45. The second kappa shape index (κ2) is 12.1. The van der Waals surface area contributed by atoms with Crippen LogP contribution in [0.15, 0.2) is 60.7 Å². The molecule has 4 rings (SSSR count). The number of para-hydroxylation sites is 2. The number of aliphatic hydroxyl groups is 1. The summed E-state index contributed by atoms with van der Waals surface area (Å²) < 4.78 is 11.6. The van der Waals surface area contributed by atoms with Crippen LogP contribution in [-0.2, 0) is 9.59 Å². The molecule has 2 aliphatic rings. The molecule has 0 aromatic heterocycles. The molecule has 2 aromatic rings. The topological polar surface area (TPSA) is 72.8 Å². The SMILES string of the molecule is CCCCCC(O)CCCCC(C1(C(=O)Oc2ccccc2)CC1)C1(C(=O)Oc2ccccc2)CC1. The molecule has 1 N–H and O–H groups in total. The van der Waals surface area contributed by atoms with Gasteiger partial charge < -0.3 is 14.6 Å². The van der Waals surface area contributed by atoms with Crippen molar-refractivity contribution in [3.63, 3.8) is 0 Å². The maximum Gasteiger partial charge on any atom is 0.317 e. The first kappa shape index (κ1) is 26.4. The zero-order valence-corrected chi connectivity index (χ0v) is 21.5. The van der Waals surface area contributed by atoms with Crippen LogP contribution in [0.1, 0.15) is 84.0 Å². The summed E-state index contributed by atoms with van der Waals surface area (Å²) >= 11 is 0. The van der Waals surface area contributed by atoms with Crippen LogP contribution in [0.25, 0.3) is 0 Å². The highest BCUT2D eigenvalue weighted by Gasteiger charge is 2.69. The molecule has 5 heteroatoms. The van der Waals surface area contributed by atoms with Gasteiger partial charge in [-0.05, 0) is 75.1 Å². The largest absolute Gasteiger partial charge is 0.426 e. The first-order valence-electron chi connectivity index (χ1n) is 13.7. The highest BCUT2D eigenvalue weighted by atomic mass is 16.5. The standard InChI is InChI=1S/C31H40O5/c1-2-3-6-13-24(32)14-11-12-19-27(30(20-21-30)28(33)35-25-15-7-4-8-16-25)31(22-23-31)29(34)36-26-17-9-5-10-18-26/h4-5,7-10,15-18,24,27,32H,2-3,6,11-14,19-23H2,1H3. The molecule has 194 valence electrons. The normalized spacial score (nSPS) is 17.9. The van der Waals surface area contributed by atoms with Gasteiger partial charge in [-0.2, -0.15) is 0 Å². The fourth-order valence-corrected chi connectivity index (χ4v) is 5.64. The summed E-state index contributed by atoms with van der Waals surface area (Å²) in [6.07, 6.45) is 10.2. The molecule has 0 radical (unpaired) electrons. The van der Waals surface area contributed by atoms with Crippen LogP contribution in [0.4, 0.5) is 0 Å². The monoisotopic (exact) mass is 492 g/mol. The van der Waals surface area contributed by atoms with Crippen LogP contribution in [0, 0.1) is 16.7 Å². The first-order chi connectivity index (χ1) is 17.5. The number of rotatable bonds is 15.